The van der Waals surface area contributed by atoms with Crippen molar-refractivity contribution in [2.45, 2.75) is 13.2 Å². The van der Waals surface area contributed by atoms with Crippen LogP contribution in [0.1, 0.15) is 11.1 Å². The normalized spacial score (nSPS) is 10.2. The van der Waals surface area contributed by atoms with Crippen molar-refractivity contribution in [2.24, 2.45) is 0 Å². The minimum Gasteiger partial charge on any atom is -0.460 e. The summed E-state index contributed by atoms with van der Waals surface area (Å²) in [5.74, 6) is -0.345. The predicted molar refractivity (Wildman–Crippen MR) is 75.5 cm³/mol. The van der Waals surface area contributed by atoms with Crippen molar-refractivity contribution in [3.63, 3.8) is 0 Å². The number of esters is 1. The van der Waals surface area contributed by atoms with Crippen molar-refractivity contribution >= 4 is 5.97 Å². The first-order chi connectivity index (χ1) is 9.84. The van der Waals surface area contributed by atoms with Gasteiger partial charge >= 0.3 is 5.97 Å². The van der Waals surface area contributed by atoms with Gasteiger partial charge in [-0.1, -0.05) is 60.7 Å². The van der Waals surface area contributed by atoms with Gasteiger partial charge in [-0.2, -0.15) is 5.48 Å². The first-order valence-corrected chi connectivity index (χ1v) is 6.43. The molecule has 0 atom stereocenters. The summed E-state index contributed by atoms with van der Waals surface area (Å²) in [6.07, 6.45) is 0. The molecule has 0 fully saturated rings. The van der Waals surface area contributed by atoms with Gasteiger partial charge in [0.25, 0.3) is 0 Å². The van der Waals surface area contributed by atoms with Crippen molar-refractivity contribution in [2.75, 3.05) is 6.54 Å². The molecule has 0 spiro atoms. The molecule has 0 heterocycles. The highest BCUT2D eigenvalue weighted by atomic mass is 16.6. The highest BCUT2D eigenvalue weighted by molar-refractivity contribution is 5.71. The van der Waals surface area contributed by atoms with Crippen LogP contribution in [0.5, 0.6) is 0 Å². The zero-order valence-corrected chi connectivity index (χ0v) is 11.1. The lowest BCUT2D eigenvalue weighted by Crippen LogP contribution is -2.24. The second kappa shape index (κ2) is 8.09. The van der Waals surface area contributed by atoms with Gasteiger partial charge in [-0.25, -0.2) is 0 Å². The molecule has 0 amide bonds. The number of carbonyl (C=O) groups excluding carboxylic acids is 1. The number of benzene rings is 2. The fourth-order valence-corrected chi connectivity index (χ4v) is 1.61. The molecule has 0 aliphatic rings. The first kappa shape index (κ1) is 14.2. The maximum atomic E-state index is 11.5. The zero-order chi connectivity index (χ0) is 14.0. The number of ether oxygens (including phenoxy) is 1. The zero-order valence-electron chi connectivity index (χ0n) is 11.1. The van der Waals surface area contributed by atoms with Crippen molar-refractivity contribution < 1.29 is 14.4 Å². The highest BCUT2D eigenvalue weighted by Crippen LogP contribution is 2.01. The van der Waals surface area contributed by atoms with Crippen LogP contribution in [-0.2, 0) is 27.6 Å². The van der Waals surface area contributed by atoms with Crippen LogP contribution in [0.3, 0.4) is 0 Å². The molecule has 0 saturated heterocycles. The number of hydrogen-bond donors (Lipinski definition) is 1. The van der Waals surface area contributed by atoms with E-state index in [1.165, 1.54) is 0 Å². The van der Waals surface area contributed by atoms with E-state index in [1.807, 2.05) is 60.7 Å². The van der Waals surface area contributed by atoms with E-state index in [9.17, 15) is 4.79 Å². The van der Waals surface area contributed by atoms with Gasteiger partial charge in [0.05, 0.1) is 6.61 Å². The Labute approximate surface area is 118 Å². The highest BCUT2D eigenvalue weighted by Gasteiger charge is 2.02. The molecule has 0 saturated carbocycles. The molecule has 0 radical (unpaired) electrons. The minimum atomic E-state index is -0.345. The lowest BCUT2D eigenvalue weighted by atomic mass is 10.2. The average molecular weight is 271 g/mol. The van der Waals surface area contributed by atoms with E-state index >= 15 is 0 Å². The fourth-order valence-electron chi connectivity index (χ4n) is 1.61. The number of hydroxylamine groups is 1. The van der Waals surface area contributed by atoms with Crippen molar-refractivity contribution in [3.8, 4) is 0 Å². The van der Waals surface area contributed by atoms with Crippen LogP contribution in [0.25, 0.3) is 0 Å². The monoisotopic (exact) mass is 271 g/mol. The molecular weight excluding hydrogens is 254 g/mol. The molecule has 0 bridgehead atoms. The summed E-state index contributed by atoms with van der Waals surface area (Å²) in [4.78, 5) is 16.7. The lowest BCUT2D eigenvalue weighted by Gasteiger charge is -2.07. The Kier molecular flexibility index (Phi) is 5.76. The Bertz CT molecular complexity index is 514. The summed E-state index contributed by atoms with van der Waals surface area (Å²) in [6, 6.07) is 19.3. The van der Waals surface area contributed by atoms with Gasteiger partial charge in [0, 0.05) is 0 Å². The van der Waals surface area contributed by atoms with E-state index in [-0.39, 0.29) is 19.1 Å². The molecule has 4 nitrogen and oxygen atoms in total. The van der Waals surface area contributed by atoms with Gasteiger partial charge in [-0.15, -0.1) is 0 Å². The number of carbonyl (C=O) groups is 1. The Hall–Kier alpha value is -2.17. The summed E-state index contributed by atoms with van der Waals surface area (Å²) in [5.41, 5.74) is 4.60. The third-order valence-electron chi connectivity index (χ3n) is 2.64. The minimum absolute atomic E-state index is 0.0274. The molecule has 0 aliphatic carbocycles. The third kappa shape index (κ3) is 5.22. The van der Waals surface area contributed by atoms with Gasteiger partial charge in [0.2, 0.25) is 0 Å². The molecule has 20 heavy (non-hydrogen) atoms. The number of nitrogens with one attached hydrogen (secondary N) is 1. The van der Waals surface area contributed by atoms with Gasteiger partial charge in [-0.3, -0.25) is 9.63 Å². The van der Waals surface area contributed by atoms with E-state index in [0.29, 0.717) is 6.61 Å². The van der Waals surface area contributed by atoms with E-state index in [1.54, 1.807) is 0 Å². The largest absolute Gasteiger partial charge is 0.460 e. The van der Waals surface area contributed by atoms with Crippen molar-refractivity contribution in [1.29, 1.82) is 0 Å². The van der Waals surface area contributed by atoms with Crippen LogP contribution >= 0.6 is 0 Å². The summed E-state index contributed by atoms with van der Waals surface area (Å²) < 4.78 is 5.10. The Morgan fingerprint density at radius 3 is 2.00 bits per heavy atom. The molecule has 2 aromatic carbocycles. The van der Waals surface area contributed by atoms with Crippen molar-refractivity contribution in [1.82, 2.24) is 5.48 Å². The molecule has 0 aromatic heterocycles. The van der Waals surface area contributed by atoms with Gasteiger partial charge in [0.1, 0.15) is 13.2 Å². The third-order valence-corrected chi connectivity index (χ3v) is 2.64. The van der Waals surface area contributed by atoms with Crippen LogP contribution in [0.2, 0.25) is 0 Å². The van der Waals surface area contributed by atoms with Crippen LogP contribution in [0.15, 0.2) is 60.7 Å². The van der Waals surface area contributed by atoms with Crippen LogP contribution in [-0.4, -0.2) is 12.5 Å². The van der Waals surface area contributed by atoms with Gasteiger partial charge in [-0.05, 0) is 11.1 Å². The van der Waals surface area contributed by atoms with Crippen LogP contribution in [0, 0.1) is 0 Å². The Balaban J connectivity index is 1.59. The topological polar surface area (TPSA) is 47.6 Å². The first-order valence-electron chi connectivity index (χ1n) is 6.43. The van der Waals surface area contributed by atoms with E-state index in [0.717, 1.165) is 11.1 Å². The Morgan fingerprint density at radius 2 is 1.40 bits per heavy atom. The predicted octanol–water partition coefficient (Wildman–Crippen LogP) is 2.45. The summed E-state index contributed by atoms with van der Waals surface area (Å²) in [7, 11) is 0. The van der Waals surface area contributed by atoms with Crippen molar-refractivity contribution in [3.05, 3.63) is 71.8 Å². The molecular formula is C16H17NO3. The van der Waals surface area contributed by atoms with Gasteiger partial charge in [0.15, 0.2) is 0 Å². The second-order valence-electron chi connectivity index (χ2n) is 4.24. The molecule has 2 rings (SSSR count). The van der Waals surface area contributed by atoms with E-state index in [2.05, 4.69) is 5.48 Å². The standard InChI is InChI=1S/C16H17NO3/c18-16(19-12-14-7-3-1-4-8-14)11-17-20-13-15-9-5-2-6-10-15/h1-10,17H,11-13H2. The maximum Gasteiger partial charge on any atom is 0.322 e. The number of rotatable bonds is 7. The summed E-state index contributed by atoms with van der Waals surface area (Å²) >= 11 is 0. The molecule has 0 aliphatic heterocycles. The SMILES string of the molecule is O=C(CNOCc1ccccc1)OCc1ccccc1. The molecule has 2 aromatic rings. The fraction of sp³-hybridized carbons (Fsp3) is 0.188. The molecule has 1 N–H and O–H groups in total. The van der Waals surface area contributed by atoms with Gasteiger partial charge < -0.3 is 4.74 Å². The Morgan fingerprint density at radius 1 is 0.850 bits per heavy atom. The van der Waals surface area contributed by atoms with Crippen LogP contribution < -0.4 is 5.48 Å². The molecule has 104 valence electrons. The molecule has 0 unspecified atom stereocenters. The molecule has 4 heteroatoms. The summed E-state index contributed by atoms with van der Waals surface area (Å²) in [6.45, 7) is 0.715. The lowest BCUT2D eigenvalue weighted by molar-refractivity contribution is -0.147. The van der Waals surface area contributed by atoms with E-state index < -0.39 is 0 Å². The summed E-state index contributed by atoms with van der Waals surface area (Å²) in [5, 5.41) is 0. The number of hydrogen-bond acceptors (Lipinski definition) is 4. The van der Waals surface area contributed by atoms with E-state index in [4.69, 9.17) is 9.57 Å². The second-order valence-corrected chi connectivity index (χ2v) is 4.24. The quantitative estimate of drug-likeness (QED) is 0.477. The smallest absolute Gasteiger partial charge is 0.322 e. The van der Waals surface area contributed by atoms with Crippen LogP contribution in [0.4, 0.5) is 0 Å². The average Bonchev–Trinajstić information content (AvgIpc) is 2.52. The maximum absolute atomic E-state index is 11.5.